The van der Waals surface area contributed by atoms with Crippen molar-refractivity contribution in [2.75, 3.05) is 31.5 Å². The standard InChI is InChI=1S/C14H18N4O2/c19-14(20)10-3-4-11-12(9-10)16-17-13(11)15-5-8-18-6-1-2-7-18/h3-4,9H,1-2,5-8H2,(H,19,20)(H2,15,16,17)/p-1. The predicted octanol–water partition coefficient (Wildman–Crippen LogP) is 0.434. The van der Waals surface area contributed by atoms with Crippen molar-refractivity contribution in [2.24, 2.45) is 0 Å². The number of aromatic carboxylic acids is 1. The molecule has 0 bridgehead atoms. The smallest absolute Gasteiger partial charge is 0.155 e. The van der Waals surface area contributed by atoms with Crippen LogP contribution in [0.2, 0.25) is 0 Å². The van der Waals surface area contributed by atoms with Gasteiger partial charge in [-0.3, -0.25) is 5.10 Å². The predicted molar refractivity (Wildman–Crippen MR) is 74.6 cm³/mol. The van der Waals surface area contributed by atoms with Crippen molar-refractivity contribution in [1.29, 1.82) is 0 Å². The number of nitrogens with zero attached hydrogens (tertiary/aromatic N) is 2. The Morgan fingerprint density at radius 3 is 2.95 bits per heavy atom. The highest BCUT2D eigenvalue weighted by atomic mass is 16.4. The minimum atomic E-state index is -1.18. The Morgan fingerprint density at radius 1 is 1.40 bits per heavy atom. The van der Waals surface area contributed by atoms with Crippen molar-refractivity contribution in [3.63, 3.8) is 0 Å². The maximum absolute atomic E-state index is 10.8. The number of rotatable bonds is 5. The Balaban J connectivity index is 1.67. The van der Waals surface area contributed by atoms with Gasteiger partial charge in [-0.05, 0) is 43.6 Å². The van der Waals surface area contributed by atoms with Crippen molar-refractivity contribution in [2.45, 2.75) is 12.8 Å². The lowest BCUT2D eigenvalue weighted by Crippen LogP contribution is -2.26. The Hall–Kier alpha value is -2.08. The molecular formula is C14H17N4O2-. The molecule has 106 valence electrons. The van der Waals surface area contributed by atoms with Crippen LogP contribution in [-0.4, -0.2) is 47.2 Å². The van der Waals surface area contributed by atoms with Crippen LogP contribution in [0.15, 0.2) is 18.2 Å². The van der Waals surface area contributed by atoms with Crippen LogP contribution in [0.1, 0.15) is 23.2 Å². The summed E-state index contributed by atoms with van der Waals surface area (Å²) < 4.78 is 0. The van der Waals surface area contributed by atoms with Crippen LogP contribution in [0, 0.1) is 0 Å². The zero-order valence-corrected chi connectivity index (χ0v) is 11.2. The van der Waals surface area contributed by atoms with E-state index in [1.165, 1.54) is 25.9 Å². The van der Waals surface area contributed by atoms with E-state index in [1.54, 1.807) is 18.2 Å². The molecule has 1 aliphatic rings. The SMILES string of the molecule is O=C([O-])c1ccc2c(NCCN3CCCC3)n[nH]c2c1. The number of benzene rings is 1. The number of carboxylic acids is 1. The summed E-state index contributed by atoms with van der Waals surface area (Å²) in [7, 11) is 0. The van der Waals surface area contributed by atoms with Crippen LogP contribution in [0.4, 0.5) is 5.82 Å². The van der Waals surface area contributed by atoms with E-state index in [4.69, 9.17) is 0 Å². The lowest BCUT2D eigenvalue weighted by Gasteiger charge is -2.14. The Bertz CT molecular complexity index is 617. The number of carboxylic acid groups (broad SMARTS) is 1. The molecule has 0 radical (unpaired) electrons. The van der Waals surface area contributed by atoms with Gasteiger partial charge in [0.15, 0.2) is 5.82 Å². The summed E-state index contributed by atoms with van der Waals surface area (Å²) in [6.07, 6.45) is 2.58. The van der Waals surface area contributed by atoms with Gasteiger partial charge in [0.1, 0.15) is 0 Å². The molecule has 1 aliphatic heterocycles. The number of aromatic nitrogens is 2. The summed E-state index contributed by atoms with van der Waals surface area (Å²) in [6.45, 7) is 4.20. The van der Waals surface area contributed by atoms with Crippen molar-refractivity contribution >= 4 is 22.7 Å². The van der Waals surface area contributed by atoms with Gasteiger partial charge in [0.2, 0.25) is 0 Å². The summed E-state index contributed by atoms with van der Waals surface area (Å²) in [5, 5.41) is 22.0. The van der Waals surface area contributed by atoms with Gasteiger partial charge < -0.3 is 20.1 Å². The summed E-state index contributed by atoms with van der Waals surface area (Å²) in [4.78, 5) is 13.2. The van der Waals surface area contributed by atoms with Gasteiger partial charge in [-0.2, -0.15) is 5.10 Å². The number of anilines is 1. The molecule has 20 heavy (non-hydrogen) atoms. The van der Waals surface area contributed by atoms with Crippen LogP contribution in [0.25, 0.3) is 10.9 Å². The van der Waals surface area contributed by atoms with E-state index in [-0.39, 0.29) is 5.56 Å². The summed E-state index contributed by atoms with van der Waals surface area (Å²) in [6, 6.07) is 4.84. The molecule has 3 rings (SSSR count). The minimum absolute atomic E-state index is 0.157. The van der Waals surface area contributed by atoms with Crippen LogP contribution in [0.5, 0.6) is 0 Å². The van der Waals surface area contributed by atoms with E-state index in [9.17, 15) is 9.90 Å². The molecule has 1 fully saturated rings. The zero-order valence-electron chi connectivity index (χ0n) is 11.2. The monoisotopic (exact) mass is 273 g/mol. The highest BCUT2D eigenvalue weighted by Gasteiger charge is 2.11. The molecule has 2 heterocycles. The second-order valence-electron chi connectivity index (χ2n) is 5.10. The number of H-pyrrole nitrogens is 1. The molecule has 0 unspecified atom stereocenters. The first kappa shape index (κ1) is 12.9. The first-order valence-corrected chi connectivity index (χ1v) is 6.90. The van der Waals surface area contributed by atoms with Gasteiger partial charge in [-0.1, -0.05) is 6.07 Å². The largest absolute Gasteiger partial charge is 0.545 e. The molecule has 1 aromatic carbocycles. The average Bonchev–Trinajstić information content (AvgIpc) is 3.08. The fraction of sp³-hybridized carbons (Fsp3) is 0.429. The van der Waals surface area contributed by atoms with E-state index in [0.29, 0.717) is 5.52 Å². The lowest BCUT2D eigenvalue weighted by atomic mass is 10.1. The number of fused-ring (bicyclic) bond motifs is 1. The molecule has 0 aliphatic carbocycles. The Kier molecular flexibility index (Phi) is 3.56. The van der Waals surface area contributed by atoms with Gasteiger partial charge in [0.25, 0.3) is 0 Å². The van der Waals surface area contributed by atoms with Crippen molar-refractivity contribution in [1.82, 2.24) is 15.1 Å². The molecule has 0 amide bonds. The van der Waals surface area contributed by atoms with Gasteiger partial charge in [0.05, 0.1) is 11.5 Å². The van der Waals surface area contributed by atoms with E-state index in [1.807, 2.05) is 0 Å². The highest BCUT2D eigenvalue weighted by molar-refractivity contribution is 5.96. The summed E-state index contributed by atoms with van der Waals surface area (Å²) in [5.41, 5.74) is 0.861. The molecule has 0 spiro atoms. The first-order valence-electron chi connectivity index (χ1n) is 6.90. The van der Waals surface area contributed by atoms with Gasteiger partial charge in [-0.15, -0.1) is 0 Å². The second kappa shape index (κ2) is 5.50. The highest BCUT2D eigenvalue weighted by Crippen LogP contribution is 2.21. The number of carbonyl (C=O) groups excluding carboxylic acids is 1. The van der Waals surface area contributed by atoms with E-state index >= 15 is 0 Å². The minimum Gasteiger partial charge on any atom is -0.545 e. The van der Waals surface area contributed by atoms with E-state index < -0.39 is 5.97 Å². The fourth-order valence-electron chi connectivity index (χ4n) is 2.62. The van der Waals surface area contributed by atoms with Crippen LogP contribution in [-0.2, 0) is 0 Å². The Morgan fingerprint density at radius 2 is 2.20 bits per heavy atom. The molecule has 2 aromatic rings. The van der Waals surface area contributed by atoms with Crippen LogP contribution in [0.3, 0.4) is 0 Å². The van der Waals surface area contributed by atoms with E-state index in [0.717, 1.165) is 24.3 Å². The molecular weight excluding hydrogens is 256 g/mol. The number of likely N-dealkylation sites (tertiary alicyclic amines) is 1. The second-order valence-corrected chi connectivity index (χ2v) is 5.10. The number of carbonyl (C=O) groups is 1. The third kappa shape index (κ3) is 2.60. The molecule has 6 heteroatoms. The fourth-order valence-corrected chi connectivity index (χ4v) is 2.62. The van der Waals surface area contributed by atoms with Crippen LogP contribution < -0.4 is 10.4 Å². The summed E-state index contributed by atoms with van der Waals surface area (Å²) in [5.74, 6) is -0.408. The molecule has 0 atom stereocenters. The van der Waals surface area contributed by atoms with Gasteiger partial charge in [0, 0.05) is 18.5 Å². The van der Waals surface area contributed by atoms with Crippen molar-refractivity contribution < 1.29 is 9.90 Å². The first-order chi connectivity index (χ1) is 9.74. The number of nitrogens with one attached hydrogen (secondary N) is 2. The average molecular weight is 273 g/mol. The van der Waals surface area contributed by atoms with E-state index in [2.05, 4.69) is 20.4 Å². The van der Waals surface area contributed by atoms with Crippen molar-refractivity contribution in [3.8, 4) is 0 Å². The topological polar surface area (TPSA) is 84.1 Å². The normalized spacial score (nSPS) is 15.8. The van der Waals surface area contributed by atoms with Gasteiger partial charge in [-0.25, -0.2) is 0 Å². The third-order valence-electron chi connectivity index (χ3n) is 3.72. The summed E-state index contributed by atoms with van der Waals surface area (Å²) >= 11 is 0. The maximum atomic E-state index is 10.8. The molecule has 2 N–H and O–H groups in total. The van der Waals surface area contributed by atoms with Gasteiger partial charge >= 0.3 is 0 Å². The molecule has 6 nitrogen and oxygen atoms in total. The molecule has 1 aromatic heterocycles. The Labute approximate surface area is 116 Å². The molecule has 1 saturated heterocycles. The van der Waals surface area contributed by atoms with Crippen molar-refractivity contribution in [3.05, 3.63) is 23.8 Å². The third-order valence-corrected chi connectivity index (χ3v) is 3.72. The number of aromatic amines is 1. The number of hydrogen-bond donors (Lipinski definition) is 2. The maximum Gasteiger partial charge on any atom is 0.155 e. The zero-order chi connectivity index (χ0) is 13.9. The lowest BCUT2D eigenvalue weighted by molar-refractivity contribution is -0.255. The molecule has 0 saturated carbocycles. The quantitative estimate of drug-likeness (QED) is 0.825. The number of hydrogen-bond acceptors (Lipinski definition) is 5. The van der Waals surface area contributed by atoms with Crippen LogP contribution >= 0.6 is 0 Å².